The molecule has 3 aromatic rings. The summed E-state index contributed by atoms with van der Waals surface area (Å²) in [4.78, 5) is 40.9. The number of nitrogens with zero attached hydrogens (tertiary/aromatic N) is 2. The number of imide groups is 1. The first kappa shape index (κ1) is 27.6. The molecule has 0 spiro atoms. The van der Waals surface area contributed by atoms with Crippen molar-refractivity contribution in [3.63, 3.8) is 0 Å². The van der Waals surface area contributed by atoms with Crippen LogP contribution in [0.4, 0.5) is 10.5 Å². The number of anilines is 1. The minimum absolute atomic E-state index is 0.0312. The number of aliphatic hydroxyl groups excluding tert-OH is 2. The molecule has 3 N–H and O–H groups in total. The second-order valence-corrected chi connectivity index (χ2v) is 10.9. The van der Waals surface area contributed by atoms with Crippen molar-refractivity contribution in [1.29, 1.82) is 0 Å². The van der Waals surface area contributed by atoms with Crippen LogP contribution >= 0.6 is 0 Å². The third-order valence-corrected chi connectivity index (χ3v) is 8.34. The molecule has 1 heterocycles. The Morgan fingerprint density at radius 3 is 2.33 bits per heavy atom. The van der Waals surface area contributed by atoms with Crippen molar-refractivity contribution in [3.05, 3.63) is 90.5 Å². The molecule has 3 aliphatic rings. The van der Waals surface area contributed by atoms with E-state index in [1.54, 1.807) is 36.4 Å². The number of benzene rings is 3. The molecular weight excluding hydrogens is 538 g/mol. The highest BCUT2D eigenvalue weighted by atomic mass is 16.6. The number of hydrogen-bond donors (Lipinski definition) is 3. The van der Waals surface area contributed by atoms with E-state index in [2.05, 4.69) is 10.5 Å². The van der Waals surface area contributed by atoms with Gasteiger partial charge >= 0.3 is 6.09 Å². The number of hydrogen-bond acceptors (Lipinski definition) is 8. The summed E-state index contributed by atoms with van der Waals surface area (Å²) in [6, 6.07) is 25.2. The average Bonchev–Trinajstić information content (AvgIpc) is 3.27. The maximum absolute atomic E-state index is 13.9. The number of aliphatic hydroxyl groups is 2. The summed E-state index contributed by atoms with van der Waals surface area (Å²) in [6.45, 7) is 0.0682. The van der Waals surface area contributed by atoms with E-state index in [0.717, 1.165) is 5.56 Å². The number of rotatable bonds is 6. The summed E-state index contributed by atoms with van der Waals surface area (Å²) in [7, 11) is 0. The third-order valence-electron chi connectivity index (χ3n) is 8.34. The van der Waals surface area contributed by atoms with Crippen molar-refractivity contribution in [2.75, 3.05) is 4.90 Å². The number of nitrogens with one attached hydrogen (secondary N) is 1. The minimum Gasteiger partial charge on any atom is -0.457 e. The van der Waals surface area contributed by atoms with Crippen molar-refractivity contribution < 1.29 is 34.1 Å². The first-order valence-corrected chi connectivity index (χ1v) is 14.0. The molecule has 1 saturated heterocycles. The predicted octanol–water partition coefficient (Wildman–Crippen LogP) is 4.02. The average molecular weight is 570 g/mol. The molecule has 0 aromatic heterocycles. The third kappa shape index (κ3) is 5.38. The van der Waals surface area contributed by atoms with Crippen molar-refractivity contribution in [3.8, 4) is 11.5 Å². The van der Waals surface area contributed by atoms with Crippen LogP contribution in [0.2, 0.25) is 0 Å². The molecule has 216 valence electrons. The molecule has 3 amide bonds. The second-order valence-electron chi connectivity index (χ2n) is 10.9. The van der Waals surface area contributed by atoms with Crippen LogP contribution in [0.5, 0.6) is 11.5 Å². The number of amides is 3. The number of carbonyl (C=O) groups excluding carboxylic acids is 3. The van der Waals surface area contributed by atoms with Gasteiger partial charge in [0.2, 0.25) is 11.8 Å². The Balaban J connectivity index is 1.20. The zero-order valence-corrected chi connectivity index (χ0v) is 22.7. The zero-order chi connectivity index (χ0) is 29.2. The van der Waals surface area contributed by atoms with Crippen LogP contribution < -0.4 is 15.1 Å². The van der Waals surface area contributed by atoms with Gasteiger partial charge in [-0.2, -0.15) is 5.10 Å². The van der Waals surface area contributed by atoms with Gasteiger partial charge in [0, 0.05) is 30.0 Å². The molecule has 2 saturated carbocycles. The predicted molar refractivity (Wildman–Crippen MR) is 152 cm³/mol. The largest absolute Gasteiger partial charge is 0.457 e. The van der Waals surface area contributed by atoms with Crippen LogP contribution in [0.1, 0.15) is 24.8 Å². The molecule has 0 bridgehead atoms. The Kier molecular flexibility index (Phi) is 7.73. The highest BCUT2D eigenvalue weighted by Gasteiger charge is 2.60. The lowest BCUT2D eigenvalue weighted by Crippen LogP contribution is -2.55. The lowest BCUT2D eigenvalue weighted by molar-refractivity contribution is -0.132. The van der Waals surface area contributed by atoms with Crippen LogP contribution in [0, 0.1) is 23.7 Å². The number of para-hydroxylation sites is 1. The lowest BCUT2D eigenvalue weighted by Gasteiger charge is -2.45. The number of ether oxygens (including phenoxy) is 2. The Hall–Kier alpha value is -4.54. The van der Waals surface area contributed by atoms with Gasteiger partial charge in [-0.15, -0.1) is 0 Å². The smallest absolute Gasteiger partial charge is 0.428 e. The summed E-state index contributed by atoms with van der Waals surface area (Å²) in [5.74, 6) is -2.29. The zero-order valence-electron chi connectivity index (χ0n) is 22.7. The Labute approximate surface area is 242 Å². The van der Waals surface area contributed by atoms with Crippen molar-refractivity contribution in [2.24, 2.45) is 28.8 Å². The molecule has 6 atom stereocenters. The van der Waals surface area contributed by atoms with Gasteiger partial charge in [-0.1, -0.05) is 54.6 Å². The Bertz CT molecular complexity index is 1500. The summed E-state index contributed by atoms with van der Waals surface area (Å²) in [5, 5.41) is 26.1. The van der Waals surface area contributed by atoms with E-state index in [4.69, 9.17) is 9.47 Å². The van der Waals surface area contributed by atoms with Crippen LogP contribution in [0.15, 0.2) is 90.0 Å². The standard InChI is InChI=1S/C32H31N3O7/c36-26-17-25(33-34-32(40)41-18-19-8-3-1-4-9-19)23-14-15-24-28(27(23)29(26)37)31(39)35(30(24)38)20-10-7-13-22(16-20)42-21-11-5-2-6-12-21/h1-13,16,23-24,26-29,36-37H,14-15,17-18H2,(H,34,40)/t23-,24-,26-,27+,28-,29-/m1/s1. The van der Waals surface area contributed by atoms with Crippen molar-refractivity contribution in [2.45, 2.75) is 38.1 Å². The fraction of sp³-hybridized carbons (Fsp3) is 0.312. The summed E-state index contributed by atoms with van der Waals surface area (Å²) < 4.78 is 11.1. The van der Waals surface area contributed by atoms with Gasteiger partial charge in [-0.25, -0.2) is 15.1 Å². The van der Waals surface area contributed by atoms with E-state index in [1.165, 1.54) is 4.90 Å². The Morgan fingerprint density at radius 1 is 0.881 bits per heavy atom. The summed E-state index contributed by atoms with van der Waals surface area (Å²) >= 11 is 0. The molecule has 0 unspecified atom stereocenters. The monoisotopic (exact) mass is 569 g/mol. The summed E-state index contributed by atoms with van der Waals surface area (Å²) in [6.07, 6.45) is -2.27. The first-order chi connectivity index (χ1) is 20.4. The highest BCUT2D eigenvalue weighted by molar-refractivity contribution is 6.22. The van der Waals surface area contributed by atoms with E-state index in [9.17, 15) is 24.6 Å². The van der Waals surface area contributed by atoms with E-state index in [-0.39, 0.29) is 18.9 Å². The fourth-order valence-corrected chi connectivity index (χ4v) is 6.44. The number of fused-ring (bicyclic) bond motifs is 3. The second kappa shape index (κ2) is 11.8. The maximum atomic E-state index is 13.9. The van der Waals surface area contributed by atoms with Gasteiger partial charge in [0.15, 0.2) is 0 Å². The van der Waals surface area contributed by atoms with E-state index >= 15 is 0 Å². The maximum Gasteiger partial charge on any atom is 0.428 e. The Morgan fingerprint density at radius 2 is 1.57 bits per heavy atom. The number of carbonyl (C=O) groups is 3. The van der Waals surface area contributed by atoms with Crippen LogP contribution in [-0.4, -0.2) is 46.0 Å². The van der Waals surface area contributed by atoms with E-state index in [0.29, 0.717) is 35.7 Å². The topological polar surface area (TPSA) is 138 Å². The molecule has 6 rings (SSSR count). The van der Waals surface area contributed by atoms with Gasteiger partial charge in [0.25, 0.3) is 0 Å². The molecule has 3 fully saturated rings. The van der Waals surface area contributed by atoms with Crippen molar-refractivity contribution >= 4 is 29.3 Å². The SMILES string of the molecule is O=C(NN=C1C[C@@H](O)[C@@H](O)[C@@H]2[C@@H]3C(=O)N(c4cccc(Oc5ccccc5)c4)C(=O)[C@@H]3CC[C@H]12)OCc1ccccc1. The highest BCUT2D eigenvalue weighted by Crippen LogP contribution is 2.50. The van der Waals surface area contributed by atoms with Crippen LogP contribution in [-0.2, 0) is 20.9 Å². The fourth-order valence-electron chi connectivity index (χ4n) is 6.44. The van der Waals surface area contributed by atoms with E-state index in [1.807, 2.05) is 48.5 Å². The summed E-state index contributed by atoms with van der Waals surface area (Å²) in [5.41, 5.74) is 4.05. The molecule has 3 aromatic carbocycles. The quantitative estimate of drug-likeness (QED) is 0.301. The van der Waals surface area contributed by atoms with Gasteiger partial charge < -0.3 is 19.7 Å². The molecule has 1 aliphatic heterocycles. The molecule has 2 aliphatic carbocycles. The molecular formula is C32H31N3O7. The van der Waals surface area contributed by atoms with Crippen LogP contribution in [0.3, 0.4) is 0 Å². The van der Waals surface area contributed by atoms with Crippen molar-refractivity contribution in [1.82, 2.24) is 5.43 Å². The first-order valence-electron chi connectivity index (χ1n) is 14.0. The molecule has 10 heteroatoms. The number of hydrazone groups is 1. The van der Waals surface area contributed by atoms with Crippen LogP contribution in [0.25, 0.3) is 0 Å². The van der Waals surface area contributed by atoms with Gasteiger partial charge in [-0.05, 0) is 42.7 Å². The normalized spacial score (nSPS) is 27.8. The lowest BCUT2D eigenvalue weighted by atomic mass is 9.60. The van der Waals surface area contributed by atoms with Gasteiger partial charge in [0.05, 0.1) is 29.7 Å². The van der Waals surface area contributed by atoms with Gasteiger partial charge in [0.1, 0.15) is 18.1 Å². The molecule has 42 heavy (non-hydrogen) atoms. The molecule has 0 radical (unpaired) electrons. The minimum atomic E-state index is -1.23. The van der Waals surface area contributed by atoms with Gasteiger partial charge in [-0.3, -0.25) is 9.59 Å². The van der Waals surface area contributed by atoms with E-state index < -0.39 is 47.9 Å². The molecule has 10 nitrogen and oxygen atoms in total.